The Morgan fingerprint density at radius 1 is 1.07 bits per heavy atom. The second-order valence-corrected chi connectivity index (χ2v) is 7.87. The van der Waals surface area contributed by atoms with E-state index in [0.29, 0.717) is 5.92 Å². The number of piperidine rings is 1. The summed E-state index contributed by atoms with van der Waals surface area (Å²) in [7, 11) is 0. The molecular formula is C24H25N5. The molecule has 1 aliphatic heterocycles. The number of fused-ring (bicyclic) bond motifs is 1. The highest BCUT2D eigenvalue weighted by atomic mass is 15.2. The predicted octanol–water partition coefficient (Wildman–Crippen LogP) is 4.57. The van der Waals surface area contributed by atoms with Crippen LogP contribution in [0.3, 0.4) is 0 Å². The van der Waals surface area contributed by atoms with E-state index in [4.69, 9.17) is 9.97 Å². The van der Waals surface area contributed by atoms with Crippen molar-refractivity contribution in [2.75, 3.05) is 18.0 Å². The third-order valence-electron chi connectivity index (χ3n) is 5.87. The fraction of sp³-hybridized carbons (Fsp3) is 0.292. The van der Waals surface area contributed by atoms with Crippen LogP contribution in [0.5, 0.6) is 0 Å². The van der Waals surface area contributed by atoms with E-state index in [2.05, 4.69) is 70.0 Å². The summed E-state index contributed by atoms with van der Waals surface area (Å²) in [6.07, 6.45) is 10.0. The molecule has 146 valence electrons. The van der Waals surface area contributed by atoms with Gasteiger partial charge in [-0.3, -0.25) is 4.98 Å². The van der Waals surface area contributed by atoms with Crippen LogP contribution in [0.4, 0.5) is 5.82 Å². The Balaban J connectivity index is 1.40. The molecule has 4 heterocycles. The highest BCUT2D eigenvalue weighted by Gasteiger charge is 2.26. The Morgan fingerprint density at radius 2 is 1.93 bits per heavy atom. The zero-order chi connectivity index (χ0) is 19.6. The largest absolute Gasteiger partial charge is 0.356 e. The van der Waals surface area contributed by atoms with Crippen molar-refractivity contribution in [3.8, 4) is 0 Å². The second-order valence-electron chi connectivity index (χ2n) is 7.87. The van der Waals surface area contributed by atoms with Crippen LogP contribution in [0.15, 0.2) is 67.3 Å². The number of aryl methyl sites for hydroxylation is 1. The van der Waals surface area contributed by atoms with Gasteiger partial charge in [-0.25, -0.2) is 9.97 Å². The lowest BCUT2D eigenvalue weighted by atomic mass is 9.96. The summed E-state index contributed by atoms with van der Waals surface area (Å²) in [6.45, 7) is 5.02. The van der Waals surface area contributed by atoms with Gasteiger partial charge in [0, 0.05) is 55.7 Å². The van der Waals surface area contributed by atoms with Crippen molar-refractivity contribution < 1.29 is 0 Å². The highest BCUT2D eigenvalue weighted by molar-refractivity contribution is 5.83. The molecule has 0 unspecified atom stereocenters. The first-order valence-corrected chi connectivity index (χ1v) is 10.3. The maximum absolute atomic E-state index is 4.96. The van der Waals surface area contributed by atoms with Crippen LogP contribution < -0.4 is 4.90 Å². The fourth-order valence-electron chi connectivity index (χ4n) is 4.39. The lowest BCUT2D eigenvalue weighted by Gasteiger charge is -2.34. The first-order valence-electron chi connectivity index (χ1n) is 10.3. The van der Waals surface area contributed by atoms with Crippen LogP contribution in [0.25, 0.3) is 10.9 Å². The van der Waals surface area contributed by atoms with Gasteiger partial charge in [0.2, 0.25) is 0 Å². The number of benzene rings is 1. The summed E-state index contributed by atoms with van der Waals surface area (Å²) < 4.78 is 2.28. The van der Waals surface area contributed by atoms with E-state index in [-0.39, 0.29) is 0 Å². The first-order chi connectivity index (χ1) is 14.3. The third-order valence-corrected chi connectivity index (χ3v) is 5.87. The Labute approximate surface area is 171 Å². The van der Waals surface area contributed by atoms with Crippen molar-refractivity contribution >= 4 is 16.7 Å². The number of pyridine rings is 2. The molecule has 0 radical (unpaired) electrons. The van der Waals surface area contributed by atoms with Crippen LogP contribution >= 0.6 is 0 Å². The summed E-state index contributed by atoms with van der Waals surface area (Å²) in [5.41, 5.74) is 3.61. The quantitative estimate of drug-likeness (QED) is 0.518. The van der Waals surface area contributed by atoms with Crippen LogP contribution in [0, 0.1) is 6.92 Å². The molecule has 0 bridgehead atoms. The minimum absolute atomic E-state index is 0.411. The molecule has 0 amide bonds. The van der Waals surface area contributed by atoms with Crippen molar-refractivity contribution in [2.45, 2.75) is 32.2 Å². The van der Waals surface area contributed by atoms with E-state index in [0.717, 1.165) is 43.8 Å². The Hall–Kier alpha value is -3.21. The molecule has 5 heteroatoms. The lowest BCUT2D eigenvalue weighted by Crippen LogP contribution is -2.36. The average molecular weight is 383 g/mol. The number of rotatable bonds is 4. The smallest absolute Gasteiger partial charge is 0.129 e. The minimum Gasteiger partial charge on any atom is -0.356 e. The zero-order valence-electron chi connectivity index (χ0n) is 16.7. The number of anilines is 1. The monoisotopic (exact) mass is 383 g/mol. The Bertz CT molecular complexity index is 1120. The van der Waals surface area contributed by atoms with E-state index >= 15 is 0 Å². The van der Waals surface area contributed by atoms with Gasteiger partial charge in [-0.1, -0.05) is 18.2 Å². The van der Waals surface area contributed by atoms with Crippen LogP contribution in [-0.2, 0) is 6.54 Å². The van der Waals surface area contributed by atoms with Crippen LogP contribution in [-0.4, -0.2) is 32.6 Å². The third kappa shape index (κ3) is 3.60. The van der Waals surface area contributed by atoms with Crippen molar-refractivity contribution in [3.63, 3.8) is 0 Å². The van der Waals surface area contributed by atoms with Gasteiger partial charge in [0.1, 0.15) is 11.6 Å². The molecule has 29 heavy (non-hydrogen) atoms. The lowest BCUT2D eigenvalue weighted by molar-refractivity contribution is 0.474. The van der Waals surface area contributed by atoms with Crippen molar-refractivity contribution in [1.29, 1.82) is 0 Å². The molecule has 3 aromatic heterocycles. The SMILES string of the molecule is Cc1cc(N2CCC[C@@H](c3nccn3Cc3ccncc3)C2)nc2ccccc12. The topological polar surface area (TPSA) is 46.8 Å². The normalized spacial score (nSPS) is 17.0. The van der Waals surface area contributed by atoms with E-state index in [9.17, 15) is 0 Å². The molecule has 1 aromatic carbocycles. The maximum atomic E-state index is 4.96. The van der Waals surface area contributed by atoms with Gasteiger partial charge in [-0.15, -0.1) is 0 Å². The number of hydrogen-bond donors (Lipinski definition) is 0. The molecule has 0 spiro atoms. The molecule has 1 aliphatic rings. The molecule has 1 atom stereocenters. The summed E-state index contributed by atoms with van der Waals surface area (Å²) in [5, 5.41) is 1.23. The standard InChI is InChI=1S/C24H25N5/c1-18-15-23(27-22-7-3-2-6-21(18)22)28-13-4-5-20(17-28)24-26-12-14-29(24)16-19-8-10-25-11-9-19/h2-3,6-12,14-15,20H,4-5,13,16-17H2,1H3/t20-/m1/s1. The van der Waals surface area contributed by atoms with Crippen molar-refractivity contribution in [3.05, 3.63) is 84.2 Å². The van der Waals surface area contributed by atoms with Crippen molar-refractivity contribution in [2.24, 2.45) is 0 Å². The minimum atomic E-state index is 0.411. The fourth-order valence-corrected chi connectivity index (χ4v) is 4.39. The molecule has 0 aliphatic carbocycles. The number of aromatic nitrogens is 4. The number of nitrogens with zero attached hydrogens (tertiary/aromatic N) is 5. The molecule has 5 nitrogen and oxygen atoms in total. The second kappa shape index (κ2) is 7.66. The van der Waals surface area contributed by atoms with Crippen LogP contribution in [0.2, 0.25) is 0 Å². The van der Waals surface area contributed by atoms with Gasteiger partial charge in [0.15, 0.2) is 0 Å². The van der Waals surface area contributed by atoms with Gasteiger partial charge < -0.3 is 9.47 Å². The van der Waals surface area contributed by atoms with Gasteiger partial charge in [-0.2, -0.15) is 0 Å². The average Bonchev–Trinajstić information content (AvgIpc) is 3.23. The zero-order valence-corrected chi connectivity index (χ0v) is 16.7. The number of imidazole rings is 1. The summed E-state index contributed by atoms with van der Waals surface area (Å²) in [6, 6.07) is 14.8. The maximum Gasteiger partial charge on any atom is 0.129 e. The molecule has 5 rings (SSSR count). The van der Waals surface area contributed by atoms with E-state index < -0.39 is 0 Å². The van der Waals surface area contributed by atoms with Gasteiger partial charge in [-0.05, 0) is 55.2 Å². The first kappa shape index (κ1) is 17.9. The Morgan fingerprint density at radius 3 is 2.83 bits per heavy atom. The highest BCUT2D eigenvalue weighted by Crippen LogP contribution is 2.30. The summed E-state index contributed by atoms with van der Waals surface area (Å²) in [4.78, 5) is 16.2. The Kier molecular flexibility index (Phi) is 4.72. The molecule has 1 saturated heterocycles. The van der Waals surface area contributed by atoms with E-state index in [1.165, 1.54) is 22.3 Å². The van der Waals surface area contributed by atoms with E-state index in [1.807, 2.05) is 18.6 Å². The van der Waals surface area contributed by atoms with Crippen molar-refractivity contribution in [1.82, 2.24) is 19.5 Å². The predicted molar refractivity (Wildman–Crippen MR) is 116 cm³/mol. The molecule has 4 aromatic rings. The molecule has 1 fully saturated rings. The number of para-hydroxylation sites is 1. The van der Waals surface area contributed by atoms with Gasteiger partial charge in [0.05, 0.1) is 5.52 Å². The summed E-state index contributed by atoms with van der Waals surface area (Å²) >= 11 is 0. The molecular weight excluding hydrogens is 358 g/mol. The number of hydrogen-bond acceptors (Lipinski definition) is 4. The van der Waals surface area contributed by atoms with Gasteiger partial charge in [0.25, 0.3) is 0 Å². The molecule has 0 saturated carbocycles. The summed E-state index contributed by atoms with van der Waals surface area (Å²) in [5.74, 6) is 2.66. The molecule has 0 N–H and O–H groups in total. The van der Waals surface area contributed by atoms with E-state index in [1.54, 1.807) is 0 Å². The van der Waals surface area contributed by atoms with Gasteiger partial charge >= 0.3 is 0 Å². The van der Waals surface area contributed by atoms with Crippen LogP contribution in [0.1, 0.15) is 35.7 Å².